The average molecular weight is 199 g/mol. The van der Waals surface area contributed by atoms with E-state index in [2.05, 4.69) is 42.0 Å². The van der Waals surface area contributed by atoms with Gasteiger partial charge >= 0.3 is 0 Å². The number of rotatable bonds is 3. The highest BCUT2D eigenvalue weighted by molar-refractivity contribution is 5.83. The minimum Gasteiger partial charge on any atom is -0.347 e. The summed E-state index contributed by atoms with van der Waals surface area (Å²) in [7, 11) is 0. The van der Waals surface area contributed by atoms with E-state index in [0.29, 0.717) is 0 Å². The Labute approximate surface area is 90.7 Å². The first kappa shape index (κ1) is 9.02. The van der Waals surface area contributed by atoms with Crippen LogP contribution in [0.1, 0.15) is 25.3 Å². The van der Waals surface area contributed by atoms with E-state index >= 15 is 0 Å². The van der Waals surface area contributed by atoms with Gasteiger partial charge in [0.05, 0.1) is 5.52 Å². The first-order valence-corrected chi connectivity index (χ1v) is 5.95. The predicted molar refractivity (Wildman–Crippen MR) is 64.0 cm³/mol. The molecule has 1 saturated carbocycles. The molecule has 1 fully saturated rings. The van der Waals surface area contributed by atoms with E-state index in [9.17, 15) is 0 Å². The smallest absolute Gasteiger partial charge is 0.0512 e. The van der Waals surface area contributed by atoms with Crippen molar-refractivity contribution >= 4 is 10.9 Å². The minimum atomic E-state index is 0.950. The second kappa shape index (κ2) is 3.41. The zero-order valence-corrected chi connectivity index (χ0v) is 9.24. The third kappa shape index (κ3) is 1.56. The van der Waals surface area contributed by atoms with Crippen molar-refractivity contribution in [3.05, 3.63) is 36.0 Å². The highest BCUT2D eigenvalue weighted by Crippen LogP contribution is 2.32. The lowest BCUT2D eigenvalue weighted by Crippen LogP contribution is -1.99. The van der Waals surface area contributed by atoms with Crippen LogP contribution in [0.25, 0.3) is 10.9 Å². The van der Waals surface area contributed by atoms with Gasteiger partial charge < -0.3 is 4.57 Å². The number of aromatic nitrogens is 1. The Morgan fingerprint density at radius 1 is 1.27 bits per heavy atom. The summed E-state index contributed by atoms with van der Waals surface area (Å²) >= 11 is 0. The largest absolute Gasteiger partial charge is 0.347 e. The number of hydrogen-bond donors (Lipinski definition) is 0. The maximum Gasteiger partial charge on any atom is 0.0512 e. The number of hydrogen-bond acceptors (Lipinski definition) is 0. The highest BCUT2D eigenvalue weighted by atomic mass is 15.0. The van der Waals surface area contributed by atoms with Crippen molar-refractivity contribution in [1.82, 2.24) is 4.57 Å². The van der Waals surface area contributed by atoms with Crippen molar-refractivity contribution in [2.24, 2.45) is 5.92 Å². The molecule has 78 valence electrons. The maximum atomic E-state index is 2.45. The molecule has 1 heterocycles. The van der Waals surface area contributed by atoms with Gasteiger partial charge in [-0.25, -0.2) is 0 Å². The van der Waals surface area contributed by atoms with Gasteiger partial charge in [-0.2, -0.15) is 0 Å². The zero-order valence-electron chi connectivity index (χ0n) is 9.24. The van der Waals surface area contributed by atoms with Gasteiger partial charge in [0.2, 0.25) is 0 Å². The van der Waals surface area contributed by atoms with Gasteiger partial charge in [-0.15, -0.1) is 0 Å². The molecule has 0 amide bonds. The fourth-order valence-corrected chi connectivity index (χ4v) is 2.36. The molecule has 1 nitrogen and oxygen atoms in total. The minimum absolute atomic E-state index is 0.950. The molecule has 1 aromatic carbocycles. The van der Waals surface area contributed by atoms with Crippen molar-refractivity contribution in [1.29, 1.82) is 0 Å². The second-order valence-electron chi connectivity index (χ2n) is 4.62. The number of nitrogens with zero attached hydrogens (tertiary/aromatic N) is 1. The molecule has 0 spiro atoms. The van der Waals surface area contributed by atoms with Crippen LogP contribution < -0.4 is 0 Å². The quantitative estimate of drug-likeness (QED) is 0.711. The lowest BCUT2D eigenvalue weighted by atomic mass is 10.1. The third-order valence-corrected chi connectivity index (χ3v) is 3.40. The molecule has 1 aliphatic rings. The van der Waals surface area contributed by atoms with Crippen LogP contribution in [0.2, 0.25) is 0 Å². The van der Waals surface area contributed by atoms with Crippen LogP contribution in [-0.4, -0.2) is 4.57 Å². The topological polar surface area (TPSA) is 4.93 Å². The Morgan fingerprint density at radius 3 is 2.87 bits per heavy atom. The van der Waals surface area contributed by atoms with Gasteiger partial charge in [-0.1, -0.05) is 25.1 Å². The standard InChI is InChI=1S/C14H17N/c1-2-12-4-3-5-13-8-9-15(14(12)13)10-11-6-7-11/h3-5,8-9,11H,2,6-7,10H2,1H3. The normalized spacial score (nSPS) is 16.1. The second-order valence-corrected chi connectivity index (χ2v) is 4.62. The molecular weight excluding hydrogens is 182 g/mol. The van der Waals surface area contributed by atoms with Crippen LogP contribution in [-0.2, 0) is 13.0 Å². The summed E-state index contributed by atoms with van der Waals surface area (Å²) in [5.41, 5.74) is 2.95. The lowest BCUT2D eigenvalue weighted by molar-refractivity contribution is 0.646. The summed E-state index contributed by atoms with van der Waals surface area (Å²) in [6.45, 7) is 3.46. The fraction of sp³-hybridized carbons (Fsp3) is 0.429. The van der Waals surface area contributed by atoms with E-state index in [1.807, 2.05) is 0 Å². The van der Waals surface area contributed by atoms with Gasteiger partial charge in [-0.05, 0) is 42.2 Å². The van der Waals surface area contributed by atoms with Crippen LogP contribution in [0, 0.1) is 5.92 Å². The Balaban J connectivity index is 2.11. The summed E-state index contributed by atoms with van der Waals surface area (Å²) in [4.78, 5) is 0. The Hall–Kier alpha value is -1.24. The van der Waals surface area contributed by atoms with Gasteiger partial charge in [-0.3, -0.25) is 0 Å². The molecule has 1 heteroatoms. The molecule has 0 radical (unpaired) electrons. The highest BCUT2D eigenvalue weighted by Gasteiger charge is 2.22. The van der Waals surface area contributed by atoms with Gasteiger partial charge in [0.15, 0.2) is 0 Å². The fourth-order valence-electron chi connectivity index (χ4n) is 2.36. The first-order chi connectivity index (χ1) is 7.38. The van der Waals surface area contributed by atoms with Crippen LogP contribution in [0.15, 0.2) is 30.5 Å². The summed E-state index contributed by atoms with van der Waals surface area (Å²) in [5.74, 6) is 0.950. The van der Waals surface area contributed by atoms with Crippen LogP contribution in [0.4, 0.5) is 0 Å². The van der Waals surface area contributed by atoms with Crippen molar-refractivity contribution in [2.45, 2.75) is 32.7 Å². The van der Waals surface area contributed by atoms with Crippen molar-refractivity contribution in [2.75, 3.05) is 0 Å². The molecule has 0 aliphatic heterocycles. The lowest BCUT2D eigenvalue weighted by Gasteiger charge is -2.07. The molecular formula is C14H17N. The molecule has 15 heavy (non-hydrogen) atoms. The van der Waals surface area contributed by atoms with E-state index in [1.54, 1.807) is 0 Å². The van der Waals surface area contributed by atoms with Gasteiger partial charge in [0.25, 0.3) is 0 Å². The Bertz CT molecular complexity index is 477. The monoisotopic (exact) mass is 199 g/mol. The summed E-state index contributed by atoms with van der Waals surface area (Å²) < 4.78 is 2.45. The van der Waals surface area contributed by atoms with Gasteiger partial charge in [0, 0.05) is 12.7 Å². The number of fused-ring (bicyclic) bond motifs is 1. The molecule has 1 aliphatic carbocycles. The predicted octanol–water partition coefficient (Wildman–Crippen LogP) is 3.61. The van der Waals surface area contributed by atoms with E-state index in [1.165, 1.54) is 35.9 Å². The van der Waals surface area contributed by atoms with Crippen molar-refractivity contribution in [3.8, 4) is 0 Å². The van der Waals surface area contributed by atoms with E-state index in [4.69, 9.17) is 0 Å². The molecule has 0 saturated heterocycles. The molecule has 0 unspecified atom stereocenters. The number of para-hydroxylation sites is 1. The zero-order chi connectivity index (χ0) is 10.3. The van der Waals surface area contributed by atoms with Crippen LogP contribution >= 0.6 is 0 Å². The van der Waals surface area contributed by atoms with E-state index in [0.717, 1.165) is 12.3 Å². The molecule has 0 bridgehead atoms. The van der Waals surface area contributed by atoms with Crippen molar-refractivity contribution in [3.63, 3.8) is 0 Å². The van der Waals surface area contributed by atoms with E-state index < -0.39 is 0 Å². The molecule has 3 rings (SSSR count). The average Bonchev–Trinajstić information content (AvgIpc) is 2.98. The maximum absolute atomic E-state index is 2.45. The van der Waals surface area contributed by atoms with Gasteiger partial charge in [0.1, 0.15) is 0 Å². The number of benzene rings is 1. The van der Waals surface area contributed by atoms with Crippen LogP contribution in [0.3, 0.4) is 0 Å². The first-order valence-electron chi connectivity index (χ1n) is 5.95. The summed E-state index contributed by atoms with van der Waals surface area (Å²) in [5, 5.41) is 1.40. The Kier molecular flexibility index (Phi) is 2.05. The van der Waals surface area contributed by atoms with E-state index in [-0.39, 0.29) is 0 Å². The molecule has 0 N–H and O–H groups in total. The molecule has 2 aromatic rings. The number of aryl methyl sites for hydroxylation is 1. The summed E-state index contributed by atoms with van der Waals surface area (Å²) in [6, 6.07) is 8.89. The summed E-state index contributed by atoms with van der Waals surface area (Å²) in [6.07, 6.45) is 6.23. The van der Waals surface area contributed by atoms with Crippen LogP contribution in [0.5, 0.6) is 0 Å². The Morgan fingerprint density at radius 2 is 2.13 bits per heavy atom. The third-order valence-electron chi connectivity index (χ3n) is 3.40. The molecule has 1 aromatic heterocycles. The molecule has 0 atom stereocenters. The van der Waals surface area contributed by atoms with Crippen molar-refractivity contribution < 1.29 is 0 Å². The SMILES string of the molecule is CCc1cccc2ccn(CC3CC3)c12.